The Kier molecular flexibility index (Phi) is 3.76. The molecular formula is C14H20Si. The molecule has 0 aliphatic heterocycles. The zero-order valence-corrected chi connectivity index (χ0v) is 11.1. The lowest BCUT2D eigenvalue weighted by Crippen LogP contribution is -2.52. The van der Waals surface area contributed by atoms with Gasteiger partial charge in [-0.15, -0.1) is 12.0 Å². The number of rotatable bonds is 3. The van der Waals surface area contributed by atoms with Gasteiger partial charge in [-0.25, -0.2) is 0 Å². The van der Waals surface area contributed by atoms with E-state index in [4.69, 9.17) is 6.42 Å². The summed E-state index contributed by atoms with van der Waals surface area (Å²) in [6, 6.07) is 10.6. The molecule has 0 atom stereocenters. The number of hydrogen-bond acceptors (Lipinski definition) is 0. The van der Waals surface area contributed by atoms with Crippen LogP contribution < -0.4 is 5.19 Å². The molecule has 0 unspecified atom stereocenters. The molecule has 1 aromatic carbocycles. The number of hydrogen-bond donors (Lipinski definition) is 0. The first-order valence-corrected chi connectivity index (χ1v) is 7.74. The van der Waals surface area contributed by atoms with Gasteiger partial charge in [-0.05, 0) is 16.3 Å². The van der Waals surface area contributed by atoms with Crippen LogP contribution in [0.4, 0.5) is 0 Å². The summed E-state index contributed by atoms with van der Waals surface area (Å²) < 4.78 is 0. The topological polar surface area (TPSA) is 0 Å². The maximum atomic E-state index is 5.85. The van der Waals surface area contributed by atoms with Gasteiger partial charge in [-0.3, -0.25) is 0 Å². The standard InChI is InChI=1S/C14H20Si/c1-6-15(12(2)3,13(4)5)14-10-8-7-9-11-14/h1,7-13H,2-5H3. The van der Waals surface area contributed by atoms with Crippen LogP contribution in [0.3, 0.4) is 0 Å². The van der Waals surface area contributed by atoms with Crippen molar-refractivity contribution in [2.24, 2.45) is 0 Å². The van der Waals surface area contributed by atoms with Gasteiger partial charge in [0.1, 0.15) is 0 Å². The van der Waals surface area contributed by atoms with Crippen LogP contribution in [0.5, 0.6) is 0 Å². The summed E-state index contributed by atoms with van der Waals surface area (Å²) in [6.07, 6.45) is 5.85. The molecular weight excluding hydrogens is 196 g/mol. The predicted octanol–water partition coefficient (Wildman–Crippen LogP) is 3.33. The van der Waals surface area contributed by atoms with Crippen molar-refractivity contribution in [2.45, 2.75) is 38.8 Å². The van der Waals surface area contributed by atoms with Gasteiger partial charge in [0, 0.05) is 0 Å². The molecule has 0 saturated heterocycles. The van der Waals surface area contributed by atoms with Crippen molar-refractivity contribution < 1.29 is 0 Å². The highest BCUT2D eigenvalue weighted by atomic mass is 28.3. The first kappa shape index (κ1) is 12.1. The largest absolute Gasteiger partial charge is 0.173 e. The smallest absolute Gasteiger partial charge is 0.128 e. The van der Waals surface area contributed by atoms with Crippen molar-refractivity contribution in [2.75, 3.05) is 0 Å². The average Bonchev–Trinajstić information content (AvgIpc) is 2.20. The Balaban J connectivity index is 3.30. The highest BCUT2D eigenvalue weighted by Crippen LogP contribution is 2.31. The summed E-state index contributed by atoms with van der Waals surface area (Å²) in [5, 5.41) is 1.40. The summed E-state index contributed by atoms with van der Waals surface area (Å²) in [5.74, 6) is 0. The van der Waals surface area contributed by atoms with E-state index in [2.05, 4.69) is 63.6 Å². The molecule has 0 aromatic heterocycles. The Bertz CT molecular complexity index is 335. The van der Waals surface area contributed by atoms with Gasteiger partial charge in [-0.1, -0.05) is 58.0 Å². The normalized spacial score (nSPS) is 11.8. The van der Waals surface area contributed by atoms with Crippen LogP contribution in [0, 0.1) is 12.0 Å². The van der Waals surface area contributed by atoms with Crippen LogP contribution in [0.2, 0.25) is 11.1 Å². The molecule has 0 nitrogen and oxygen atoms in total. The molecule has 0 spiro atoms. The molecule has 15 heavy (non-hydrogen) atoms. The molecule has 0 radical (unpaired) electrons. The van der Waals surface area contributed by atoms with E-state index in [1.807, 2.05) is 0 Å². The quantitative estimate of drug-likeness (QED) is 0.537. The molecule has 0 aliphatic carbocycles. The van der Waals surface area contributed by atoms with Crippen LogP contribution in [0.1, 0.15) is 27.7 Å². The molecule has 80 valence electrons. The SMILES string of the molecule is C#C[Si](c1ccccc1)(C(C)C)C(C)C. The fourth-order valence-corrected chi connectivity index (χ4v) is 6.71. The van der Waals surface area contributed by atoms with Gasteiger partial charge in [0.15, 0.2) is 8.07 Å². The van der Waals surface area contributed by atoms with Crippen LogP contribution in [-0.2, 0) is 0 Å². The Morgan fingerprint density at radius 2 is 1.47 bits per heavy atom. The first-order valence-electron chi connectivity index (χ1n) is 5.59. The third-order valence-electron chi connectivity index (χ3n) is 3.31. The summed E-state index contributed by atoms with van der Waals surface area (Å²) in [6.45, 7) is 9.05. The molecule has 0 N–H and O–H groups in total. The summed E-state index contributed by atoms with van der Waals surface area (Å²) in [4.78, 5) is 0. The molecule has 1 heteroatoms. The number of benzene rings is 1. The molecule has 1 aromatic rings. The summed E-state index contributed by atoms with van der Waals surface area (Å²) >= 11 is 0. The van der Waals surface area contributed by atoms with Crippen LogP contribution >= 0.6 is 0 Å². The van der Waals surface area contributed by atoms with E-state index in [-0.39, 0.29) is 0 Å². The fourth-order valence-electron chi connectivity index (χ4n) is 2.46. The maximum absolute atomic E-state index is 5.85. The zero-order valence-electron chi connectivity index (χ0n) is 10.1. The summed E-state index contributed by atoms with van der Waals surface area (Å²) in [5.41, 5.74) is 4.35. The van der Waals surface area contributed by atoms with Crippen LogP contribution in [0.25, 0.3) is 0 Å². The van der Waals surface area contributed by atoms with E-state index in [9.17, 15) is 0 Å². The third kappa shape index (κ3) is 2.01. The van der Waals surface area contributed by atoms with E-state index in [0.717, 1.165) is 0 Å². The minimum atomic E-state index is -1.77. The molecule has 0 amide bonds. The van der Waals surface area contributed by atoms with Gasteiger partial charge < -0.3 is 0 Å². The van der Waals surface area contributed by atoms with Gasteiger partial charge in [0.2, 0.25) is 0 Å². The van der Waals surface area contributed by atoms with Crippen molar-refractivity contribution in [1.29, 1.82) is 0 Å². The van der Waals surface area contributed by atoms with Crippen LogP contribution in [0.15, 0.2) is 30.3 Å². The Hall–Kier alpha value is -1.00. The molecule has 0 saturated carbocycles. The lowest BCUT2D eigenvalue weighted by molar-refractivity contribution is 0.931. The zero-order chi connectivity index (χ0) is 11.5. The Morgan fingerprint density at radius 3 is 1.80 bits per heavy atom. The first-order chi connectivity index (χ1) is 7.05. The molecule has 1 rings (SSSR count). The van der Waals surface area contributed by atoms with Gasteiger partial charge in [-0.2, -0.15) is 0 Å². The highest BCUT2D eigenvalue weighted by molar-refractivity contribution is 7.00. The highest BCUT2D eigenvalue weighted by Gasteiger charge is 2.40. The van der Waals surface area contributed by atoms with E-state index in [1.54, 1.807) is 0 Å². The second-order valence-electron chi connectivity index (χ2n) is 4.69. The van der Waals surface area contributed by atoms with Crippen molar-refractivity contribution in [1.82, 2.24) is 0 Å². The predicted molar refractivity (Wildman–Crippen MR) is 70.9 cm³/mol. The van der Waals surface area contributed by atoms with E-state index in [0.29, 0.717) is 11.1 Å². The minimum absolute atomic E-state index is 0.588. The van der Waals surface area contributed by atoms with E-state index >= 15 is 0 Å². The second-order valence-corrected chi connectivity index (χ2v) is 9.60. The van der Waals surface area contributed by atoms with Gasteiger partial charge >= 0.3 is 0 Å². The van der Waals surface area contributed by atoms with Crippen molar-refractivity contribution >= 4 is 13.3 Å². The van der Waals surface area contributed by atoms with E-state index in [1.165, 1.54) is 5.19 Å². The second kappa shape index (κ2) is 4.68. The van der Waals surface area contributed by atoms with Gasteiger partial charge in [0.25, 0.3) is 0 Å². The minimum Gasteiger partial charge on any atom is -0.128 e. The average molecular weight is 216 g/mol. The molecule has 0 bridgehead atoms. The lowest BCUT2D eigenvalue weighted by Gasteiger charge is -2.34. The Morgan fingerprint density at radius 1 is 1.00 bits per heavy atom. The van der Waals surface area contributed by atoms with E-state index < -0.39 is 8.07 Å². The van der Waals surface area contributed by atoms with Crippen LogP contribution in [-0.4, -0.2) is 8.07 Å². The third-order valence-corrected chi connectivity index (χ3v) is 8.72. The van der Waals surface area contributed by atoms with Crippen molar-refractivity contribution in [3.8, 4) is 12.0 Å². The van der Waals surface area contributed by atoms with Crippen molar-refractivity contribution in [3.05, 3.63) is 30.3 Å². The lowest BCUT2D eigenvalue weighted by atomic mass is 10.4. The fraction of sp³-hybridized carbons (Fsp3) is 0.429. The molecule has 0 aliphatic rings. The van der Waals surface area contributed by atoms with Gasteiger partial charge in [0.05, 0.1) is 0 Å². The number of terminal acetylenes is 1. The van der Waals surface area contributed by atoms with Crippen molar-refractivity contribution in [3.63, 3.8) is 0 Å². The monoisotopic (exact) mass is 216 g/mol. The maximum Gasteiger partial charge on any atom is 0.173 e. The molecule has 0 fully saturated rings. The molecule has 0 heterocycles. The Labute approximate surface area is 94.7 Å². The summed E-state index contributed by atoms with van der Waals surface area (Å²) in [7, 11) is -1.77.